The van der Waals surface area contributed by atoms with Crippen molar-refractivity contribution in [2.75, 3.05) is 0 Å². The average molecular weight is 384 g/mol. The van der Waals surface area contributed by atoms with Crippen LogP contribution in [0.2, 0.25) is 0 Å². The number of hydrogen-bond donors (Lipinski definition) is 2. The highest BCUT2D eigenvalue weighted by molar-refractivity contribution is 14.1. The Hall–Kier alpha value is -0.140. The molecule has 1 atom stereocenters. The van der Waals surface area contributed by atoms with Gasteiger partial charge in [-0.25, -0.2) is 0 Å². The van der Waals surface area contributed by atoms with Gasteiger partial charge in [0.05, 0.1) is 0 Å². The molecule has 0 aromatic heterocycles. The van der Waals surface area contributed by atoms with Gasteiger partial charge >= 0.3 is 5.97 Å². The summed E-state index contributed by atoms with van der Waals surface area (Å²) in [7, 11) is 0. The second-order valence-electron chi connectivity index (χ2n) is 3.21. The maximum absolute atomic E-state index is 10.4. The minimum Gasteiger partial charge on any atom is -0.481 e. The summed E-state index contributed by atoms with van der Waals surface area (Å²) in [5, 5.41) is 8.54. The lowest BCUT2D eigenvalue weighted by Gasteiger charge is -2.11. The fourth-order valence-electron chi connectivity index (χ4n) is 1.19. The van der Waals surface area contributed by atoms with Gasteiger partial charge in [-0.15, -0.1) is 0 Å². The van der Waals surface area contributed by atoms with Crippen molar-refractivity contribution >= 4 is 44.5 Å². The smallest absolute Gasteiger partial charge is 0.303 e. The summed E-state index contributed by atoms with van der Waals surface area (Å²) in [4.78, 5) is 10.4. The van der Waals surface area contributed by atoms with Crippen molar-refractivity contribution in [2.45, 2.75) is 18.9 Å². The third-order valence-corrected chi connectivity index (χ3v) is 4.38. The first-order valence-corrected chi connectivity index (χ1v) is 6.30. The maximum atomic E-state index is 10.4. The van der Waals surface area contributed by atoms with E-state index in [9.17, 15) is 4.79 Å². The Morgan fingerprint density at radius 1 is 1.60 bits per heavy atom. The van der Waals surface area contributed by atoms with Crippen LogP contribution >= 0.6 is 38.5 Å². The van der Waals surface area contributed by atoms with Crippen LogP contribution < -0.4 is 5.73 Å². The molecule has 0 aliphatic carbocycles. The first-order valence-electron chi connectivity index (χ1n) is 4.43. The molecule has 1 aromatic carbocycles. The molecule has 0 aliphatic rings. The van der Waals surface area contributed by atoms with Gasteiger partial charge in [-0.1, -0.05) is 6.07 Å². The Labute approximate surface area is 110 Å². The standard InChI is InChI=1S/C10H11BrINO2/c11-7-5-6(1-2-8(7)12)9(13)3-4-10(14)15/h1-2,5,9H,3-4,13H2,(H,14,15)/t9-/m0/s1. The number of carbonyl (C=O) groups is 1. The molecule has 1 rings (SSSR count). The van der Waals surface area contributed by atoms with Crippen molar-refractivity contribution in [3.05, 3.63) is 31.8 Å². The Morgan fingerprint density at radius 3 is 2.80 bits per heavy atom. The molecular formula is C10H11BrINO2. The number of benzene rings is 1. The van der Waals surface area contributed by atoms with Crippen LogP contribution in [0.25, 0.3) is 0 Å². The van der Waals surface area contributed by atoms with Gasteiger partial charge in [0, 0.05) is 20.5 Å². The van der Waals surface area contributed by atoms with E-state index in [1.807, 2.05) is 18.2 Å². The van der Waals surface area contributed by atoms with Gasteiger partial charge in [0.15, 0.2) is 0 Å². The molecule has 0 saturated heterocycles. The van der Waals surface area contributed by atoms with Gasteiger partial charge in [-0.3, -0.25) is 4.79 Å². The highest BCUT2D eigenvalue weighted by Gasteiger charge is 2.09. The minimum atomic E-state index is -0.810. The Morgan fingerprint density at radius 2 is 2.27 bits per heavy atom. The molecule has 0 aliphatic heterocycles. The fourth-order valence-corrected chi connectivity index (χ4v) is 1.92. The monoisotopic (exact) mass is 383 g/mol. The number of halogens is 2. The molecule has 0 heterocycles. The van der Waals surface area contributed by atoms with Gasteiger partial charge in [-0.05, 0) is 62.6 Å². The first-order chi connectivity index (χ1) is 7.00. The summed E-state index contributed by atoms with van der Waals surface area (Å²) in [6, 6.07) is 5.61. The summed E-state index contributed by atoms with van der Waals surface area (Å²) in [5.74, 6) is -0.810. The predicted octanol–water partition coefficient (Wildman–Crippen LogP) is 2.92. The van der Waals surface area contributed by atoms with E-state index >= 15 is 0 Å². The van der Waals surface area contributed by atoms with Crippen molar-refractivity contribution in [2.24, 2.45) is 5.73 Å². The lowest BCUT2D eigenvalue weighted by Crippen LogP contribution is -2.12. The largest absolute Gasteiger partial charge is 0.481 e. The summed E-state index contributed by atoms with van der Waals surface area (Å²) < 4.78 is 2.10. The molecule has 0 saturated carbocycles. The molecule has 3 N–H and O–H groups in total. The maximum Gasteiger partial charge on any atom is 0.303 e. The van der Waals surface area contributed by atoms with Gasteiger partial charge < -0.3 is 10.8 Å². The summed E-state index contributed by atoms with van der Waals surface area (Å²) in [6.45, 7) is 0. The first kappa shape index (κ1) is 12.9. The van der Waals surface area contributed by atoms with Gasteiger partial charge in [0.2, 0.25) is 0 Å². The molecule has 0 spiro atoms. The quantitative estimate of drug-likeness (QED) is 0.785. The van der Waals surface area contributed by atoms with E-state index < -0.39 is 5.97 Å². The predicted molar refractivity (Wildman–Crippen MR) is 70.7 cm³/mol. The molecule has 3 nitrogen and oxygen atoms in total. The van der Waals surface area contributed by atoms with Crippen LogP contribution in [0.1, 0.15) is 24.4 Å². The van der Waals surface area contributed by atoms with Crippen LogP contribution in [0.15, 0.2) is 22.7 Å². The molecule has 5 heteroatoms. The van der Waals surface area contributed by atoms with E-state index in [0.717, 1.165) is 13.6 Å². The third-order valence-electron chi connectivity index (χ3n) is 2.04. The van der Waals surface area contributed by atoms with Crippen LogP contribution in [-0.4, -0.2) is 11.1 Å². The summed E-state index contributed by atoms with van der Waals surface area (Å²) in [6.07, 6.45) is 0.563. The molecule has 0 amide bonds. The zero-order valence-electron chi connectivity index (χ0n) is 7.91. The van der Waals surface area contributed by atoms with E-state index in [4.69, 9.17) is 10.8 Å². The Bertz CT molecular complexity index is 370. The summed E-state index contributed by atoms with van der Waals surface area (Å²) >= 11 is 5.63. The molecule has 0 bridgehead atoms. The van der Waals surface area contributed by atoms with Crippen LogP contribution in [0.5, 0.6) is 0 Å². The number of hydrogen-bond acceptors (Lipinski definition) is 2. The number of nitrogens with two attached hydrogens (primary N) is 1. The van der Waals surface area contributed by atoms with Gasteiger partial charge in [-0.2, -0.15) is 0 Å². The topological polar surface area (TPSA) is 63.3 Å². The minimum absolute atomic E-state index is 0.102. The highest BCUT2D eigenvalue weighted by Crippen LogP contribution is 2.24. The van der Waals surface area contributed by atoms with Crippen LogP contribution in [0, 0.1) is 3.57 Å². The van der Waals surface area contributed by atoms with Gasteiger partial charge in [0.1, 0.15) is 0 Å². The number of aliphatic carboxylic acids is 1. The average Bonchev–Trinajstić information content (AvgIpc) is 2.18. The number of carboxylic acids is 1. The van der Waals surface area contributed by atoms with Crippen LogP contribution in [-0.2, 0) is 4.79 Å². The third kappa shape index (κ3) is 4.08. The second-order valence-corrected chi connectivity index (χ2v) is 5.23. The van der Waals surface area contributed by atoms with Crippen molar-refractivity contribution in [3.8, 4) is 0 Å². The van der Waals surface area contributed by atoms with E-state index in [-0.39, 0.29) is 12.5 Å². The molecule has 1 aromatic rings. The van der Waals surface area contributed by atoms with E-state index in [2.05, 4.69) is 38.5 Å². The normalized spacial score (nSPS) is 12.5. The van der Waals surface area contributed by atoms with E-state index in [1.54, 1.807) is 0 Å². The van der Waals surface area contributed by atoms with Crippen LogP contribution in [0.4, 0.5) is 0 Å². The lowest BCUT2D eigenvalue weighted by atomic mass is 10.0. The molecule has 0 unspecified atom stereocenters. The zero-order valence-corrected chi connectivity index (χ0v) is 11.7. The van der Waals surface area contributed by atoms with Crippen molar-refractivity contribution in [1.29, 1.82) is 0 Å². The Kier molecular flexibility index (Phi) is 5.01. The SMILES string of the molecule is N[C@@H](CCC(=O)O)c1ccc(I)c(Br)c1. The van der Waals surface area contributed by atoms with Gasteiger partial charge in [0.25, 0.3) is 0 Å². The number of rotatable bonds is 4. The van der Waals surface area contributed by atoms with Crippen LogP contribution in [0.3, 0.4) is 0 Å². The molecule has 15 heavy (non-hydrogen) atoms. The van der Waals surface area contributed by atoms with Crippen molar-refractivity contribution in [3.63, 3.8) is 0 Å². The second kappa shape index (κ2) is 5.81. The number of carboxylic acid groups (broad SMARTS) is 1. The van der Waals surface area contributed by atoms with Crippen molar-refractivity contribution < 1.29 is 9.90 Å². The Balaban J connectivity index is 2.69. The van der Waals surface area contributed by atoms with E-state index in [1.165, 1.54) is 0 Å². The summed E-state index contributed by atoms with van der Waals surface area (Å²) in [5.41, 5.74) is 6.84. The lowest BCUT2D eigenvalue weighted by molar-refractivity contribution is -0.137. The molecule has 0 fully saturated rings. The molecule has 0 radical (unpaired) electrons. The van der Waals surface area contributed by atoms with Crippen molar-refractivity contribution in [1.82, 2.24) is 0 Å². The molecule has 82 valence electrons. The van der Waals surface area contributed by atoms with E-state index in [0.29, 0.717) is 6.42 Å². The fraction of sp³-hybridized carbons (Fsp3) is 0.300. The zero-order chi connectivity index (χ0) is 11.4. The highest BCUT2D eigenvalue weighted by atomic mass is 127. The molecular weight excluding hydrogens is 373 g/mol.